The van der Waals surface area contributed by atoms with Crippen LogP contribution in [0.3, 0.4) is 0 Å². The van der Waals surface area contributed by atoms with Crippen molar-refractivity contribution in [2.24, 2.45) is 0 Å². The lowest BCUT2D eigenvalue weighted by Crippen LogP contribution is -2.50. The summed E-state index contributed by atoms with van der Waals surface area (Å²) < 4.78 is 0. The van der Waals surface area contributed by atoms with Gasteiger partial charge in [0.15, 0.2) is 5.13 Å². The number of amides is 2. The Kier molecular flexibility index (Phi) is 3.93. The second kappa shape index (κ2) is 5.45. The van der Waals surface area contributed by atoms with Crippen LogP contribution in [0.5, 0.6) is 0 Å². The van der Waals surface area contributed by atoms with Crippen molar-refractivity contribution in [3.8, 4) is 0 Å². The van der Waals surface area contributed by atoms with Gasteiger partial charge in [0.05, 0.1) is 5.69 Å². The molecule has 0 bridgehead atoms. The van der Waals surface area contributed by atoms with Gasteiger partial charge in [-0.15, -0.1) is 11.3 Å². The van der Waals surface area contributed by atoms with Gasteiger partial charge in [0, 0.05) is 31.6 Å². The Bertz CT molecular complexity index is 452. The van der Waals surface area contributed by atoms with Gasteiger partial charge in [-0.1, -0.05) is 0 Å². The summed E-state index contributed by atoms with van der Waals surface area (Å²) in [5.74, 6) is -1.08. The summed E-state index contributed by atoms with van der Waals surface area (Å²) in [6.07, 6.45) is 0. The molecule has 1 fully saturated rings. The van der Waals surface area contributed by atoms with Crippen LogP contribution >= 0.6 is 11.3 Å². The average molecular weight is 268 g/mol. The van der Waals surface area contributed by atoms with Crippen molar-refractivity contribution in [3.63, 3.8) is 0 Å². The van der Waals surface area contributed by atoms with Gasteiger partial charge < -0.3 is 9.80 Å². The molecule has 2 heterocycles. The zero-order chi connectivity index (χ0) is 13.1. The molecule has 98 valence electrons. The van der Waals surface area contributed by atoms with Crippen molar-refractivity contribution >= 4 is 28.3 Å². The van der Waals surface area contributed by atoms with Crippen LogP contribution in [0, 0.1) is 6.92 Å². The highest BCUT2D eigenvalue weighted by Gasteiger charge is 2.25. The fraction of sp³-hybridized carbons (Fsp3) is 0.545. The summed E-state index contributed by atoms with van der Waals surface area (Å²) in [5, 5.41) is 4.84. The summed E-state index contributed by atoms with van der Waals surface area (Å²) in [7, 11) is 2.00. The van der Waals surface area contributed by atoms with Crippen LogP contribution in [0.1, 0.15) is 5.69 Å². The molecule has 2 rings (SSSR count). The fourth-order valence-electron chi connectivity index (χ4n) is 1.72. The number of nitrogens with zero attached hydrogens (tertiary/aromatic N) is 3. The molecule has 1 N–H and O–H groups in total. The highest BCUT2D eigenvalue weighted by molar-refractivity contribution is 7.14. The number of hydrogen-bond acceptors (Lipinski definition) is 5. The van der Waals surface area contributed by atoms with Gasteiger partial charge >= 0.3 is 11.8 Å². The monoisotopic (exact) mass is 268 g/mol. The van der Waals surface area contributed by atoms with Crippen LogP contribution in [-0.4, -0.2) is 59.8 Å². The lowest BCUT2D eigenvalue weighted by molar-refractivity contribution is -0.144. The third kappa shape index (κ3) is 3.05. The van der Waals surface area contributed by atoms with Crippen LogP contribution in [0.2, 0.25) is 0 Å². The maximum Gasteiger partial charge on any atom is 0.315 e. The molecule has 1 aliphatic heterocycles. The minimum Gasteiger partial charge on any atom is -0.332 e. The molecule has 0 aromatic carbocycles. The molecule has 1 aromatic rings. The number of carbonyl (C=O) groups excluding carboxylic acids is 2. The highest BCUT2D eigenvalue weighted by atomic mass is 32.1. The fourth-order valence-corrected chi connectivity index (χ4v) is 2.40. The average Bonchev–Trinajstić information content (AvgIpc) is 2.75. The zero-order valence-electron chi connectivity index (χ0n) is 10.5. The zero-order valence-corrected chi connectivity index (χ0v) is 11.3. The third-order valence-corrected chi connectivity index (χ3v) is 3.70. The van der Waals surface area contributed by atoms with E-state index in [-0.39, 0.29) is 0 Å². The van der Waals surface area contributed by atoms with E-state index in [1.165, 1.54) is 11.3 Å². The van der Waals surface area contributed by atoms with Gasteiger partial charge in [0.1, 0.15) is 0 Å². The molecule has 0 unspecified atom stereocenters. The maximum atomic E-state index is 11.9. The van der Waals surface area contributed by atoms with Gasteiger partial charge in [-0.05, 0) is 14.0 Å². The first-order valence-corrected chi connectivity index (χ1v) is 6.65. The first-order chi connectivity index (χ1) is 8.56. The summed E-state index contributed by atoms with van der Waals surface area (Å²) in [4.78, 5) is 31.4. The maximum absolute atomic E-state index is 11.9. The molecule has 18 heavy (non-hydrogen) atoms. The van der Waals surface area contributed by atoms with E-state index in [0.29, 0.717) is 18.2 Å². The van der Waals surface area contributed by atoms with E-state index >= 15 is 0 Å². The quantitative estimate of drug-likeness (QED) is 0.737. The van der Waals surface area contributed by atoms with Crippen molar-refractivity contribution < 1.29 is 9.59 Å². The van der Waals surface area contributed by atoms with Gasteiger partial charge in [-0.2, -0.15) is 0 Å². The summed E-state index contributed by atoms with van der Waals surface area (Å²) >= 11 is 1.32. The summed E-state index contributed by atoms with van der Waals surface area (Å²) in [5.41, 5.74) is 0.836. The van der Waals surface area contributed by atoms with Crippen LogP contribution in [-0.2, 0) is 9.59 Å². The summed E-state index contributed by atoms with van der Waals surface area (Å²) in [6.45, 7) is 4.64. The number of likely N-dealkylation sites (N-methyl/N-ethyl adjacent to an activating group) is 1. The van der Waals surface area contributed by atoms with E-state index in [9.17, 15) is 9.59 Å². The van der Waals surface area contributed by atoms with Crippen LogP contribution < -0.4 is 5.32 Å². The molecular formula is C11H16N4O2S. The van der Waals surface area contributed by atoms with Crippen molar-refractivity contribution in [2.45, 2.75) is 6.92 Å². The normalized spacial score (nSPS) is 16.7. The molecule has 1 aliphatic rings. The number of nitrogens with one attached hydrogen (secondary N) is 1. The van der Waals surface area contributed by atoms with Gasteiger partial charge in [-0.25, -0.2) is 4.98 Å². The molecule has 1 aromatic heterocycles. The molecule has 2 amide bonds. The van der Waals surface area contributed by atoms with Crippen molar-refractivity contribution in [1.82, 2.24) is 14.8 Å². The lowest BCUT2D eigenvalue weighted by atomic mass is 10.3. The van der Waals surface area contributed by atoms with Gasteiger partial charge in [0.25, 0.3) is 0 Å². The molecule has 0 spiro atoms. The Labute approximate surface area is 110 Å². The summed E-state index contributed by atoms with van der Waals surface area (Å²) in [6, 6.07) is 0. The first kappa shape index (κ1) is 13.0. The second-order valence-electron chi connectivity index (χ2n) is 4.34. The van der Waals surface area contributed by atoms with E-state index in [1.54, 1.807) is 4.90 Å². The number of aryl methyl sites for hydroxylation is 1. The van der Waals surface area contributed by atoms with Crippen LogP contribution in [0.4, 0.5) is 5.13 Å². The SMILES string of the molecule is Cc1csc(NC(=O)C(=O)N2CCN(C)CC2)n1. The van der Waals surface area contributed by atoms with Gasteiger partial charge in [-0.3, -0.25) is 14.9 Å². The smallest absolute Gasteiger partial charge is 0.315 e. The Morgan fingerprint density at radius 1 is 1.33 bits per heavy atom. The van der Waals surface area contributed by atoms with E-state index < -0.39 is 11.8 Å². The molecule has 0 aliphatic carbocycles. The Morgan fingerprint density at radius 2 is 2.00 bits per heavy atom. The van der Waals surface area contributed by atoms with Crippen molar-refractivity contribution in [2.75, 3.05) is 38.5 Å². The molecule has 0 atom stereocenters. The van der Waals surface area contributed by atoms with E-state index in [0.717, 1.165) is 18.8 Å². The number of hydrogen-bond donors (Lipinski definition) is 1. The standard InChI is InChI=1S/C11H16N4O2S/c1-8-7-18-11(12-8)13-9(16)10(17)15-5-3-14(2)4-6-15/h7H,3-6H2,1-2H3,(H,12,13,16). The highest BCUT2D eigenvalue weighted by Crippen LogP contribution is 2.14. The third-order valence-electron chi connectivity index (χ3n) is 2.82. The molecule has 0 radical (unpaired) electrons. The van der Waals surface area contributed by atoms with E-state index in [1.807, 2.05) is 19.4 Å². The Morgan fingerprint density at radius 3 is 2.56 bits per heavy atom. The van der Waals surface area contributed by atoms with E-state index in [4.69, 9.17) is 0 Å². The lowest BCUT2D eigenvalue weighted by Gasteiger charge is -2.31. The molecule has 1 saturated heterocycles. The molecule has 7 heteroatoms. The van der Waals surface area contributed by atoms with Crippen LogP contribution in [0.25, 0.3) is 0 Å². The van der Waals surface area contributed by atoms with E-state index in [2.05, 4.69) is 15.2 Å². The number of rotatable bonds is 1. The largest absolute Gasteiger partial charge is 0.332 e. The Balaban J connectivity index is 1.90. The molecule has 0 saturated carbocycles. The minimum atomic E-state index is -0.603. The predicted molar refractivity (Wildman–Crippen MR) is 69.6 cm³/mol. The van der Waals surface area contributed by atoms with Crippen LogP contribution in [0.15, 0.2) is 5.38 Å². The number of thiazole rings is 1. The molecular weight excluding hydrogens is 252 g/mol. The van der Waals surface area contributed by atoms with Gasteiger partial charge in [0.2, 0.25) is 0 Å². The topological polar surface area (TPSA) is 65.5 Å². The first-order valence-electron chi connectivity index (χ1n) is 5.77. The number of piperazine rings is 1. The predicted octanol–water partition coefficient (Wildman–Crippen LogP) is 0.164. The molecule has 6 nitrogen and oxygen atoms in total. The Hall–Kier alpha value is -1.47. The van der Waals surface area contributed by atoms with Crippen molar-refractivity contribution in [1.29, 1.82) is 0 Å². The van der Waals surface area contributed by atoms with Crippen molar-refractivity contribution in [3.05, 3.63) is 11.1 Å². The number of anilines is 1. The second-order valence-corrected chi connectivity index (χ2v) is 5.20. The minimum absolute atomic E-state index is 0.472. The number of carbonyl (C=O) groups is 2. The number of aromatic nitrogens is 1.